The van der Waals surface area contributed by atoms with Crippen LogP contribution < -0.4 is 42.1 Å². The van der Waals surface area contributed by atoms with E-state index in [1.54, 1.807) is 0 Å². The summed E-state index contributed by atoms with van der Waals surface area (Å²) in [5.74, 6) is 0.660. The Bertz CT molecular complexity index is 1000. The fraction of sp³-hybridized carbons (Fsp3) is 0.600. The Morgan fingerprint density at radius 3 is 2.43 bits per heavy atom. The molecule has 2 heterocycles. The number of hydrogen-bond acceptors (Lipinski definition) is 6. The molecule has 3 amide bonds. The molecule has 0 bridgehead atoms. The van der Waals surface area contributed by atoms with Crippen molar-refractivity contribution in [3.8, 4) is 0 Å². The van der Waals surface area contributed by atoms with Gasteiger partial charge in [0.05, 0.1) is 24.2 Å². The summed E-state index contributed by atoms with van der Waals surface area (Å²) >= 11 is 1.88. The minimum Gasteiger partial charge on any atom is -0.860 e. The van der Waals surface area contributed by atoms with Crippen LogP contribution in [0.25, 0.3) is 12.0 Å². The zero-order valence-electron chi connectivity index (χ0n) is 20.6. The highest BCUT2D eigenvalue weighted by Gasteiger charge is 2.42. The predicted molar refractivity (Wildman–Crippen MR) is 136 cm³/mol. The van der Waals surface area contributed by atoms with E-state index in [2.05, 4.69) is 26.6 Å². The summed E-state index contributed by atoms with van der Waals surface area (Å²) in [4.78, 5) is 23.4. The molecular weight excluding hydrogens is 507 g/mol. The molecule has 2 aliphatic rings. The number of nitrogens with one attached hydrogen (secondary N) is 5. The van der Waals surface area contributed by atoms with Gasteiger partial charge in [-0.05, 0) is 44.7 Å². The third-order valence-corrected chi connectivity index (χ3v) is 7.69. The molecule has 37 heavy (non-hydrogen) atoms. The average molecular weight is 542 g/mol. The molecule has 12 heteroatoms. The zero-order valence-corrected chi connectivity index (χ0v) is 21.4. The standard InChI is InChI=1S/C25H34F3N5O3S/c26-25(27,28)15-17-7-9-18(10-8-17)23(35)31-14-4-12-29-11-3-13-30-21(34)6-2-1-5-20-22-19(16-37-20)32-24(36)33-22/h7-10,19-20,22,29,31H,1-6,11-14,16H2,(H3-,30,32,33,34,35,36)/t19-,20-,22-/m0/s1. The molecule has 8 nitrogen and oxygen atoms in total. The predicted octanol–water partition coefficient (Wildman–Crippen LogP) is 0.134. The molecule has 2 aliphatic heterocycles. The number of unbranched alkanes of at least 4 members (excludes halogenated alkanes) is 1. The third-order valence-electron chi connectivity index (χ3n) is 6.18. The van der Waals surface area contributed by atoms with E-state index >= 15 is 0 Å². The first kappa shape index (κ1) is 28.9. The zero-order chi connectivity index (χ0) is 26.7. The number of alkyl halides is 3. The van der Waals surface area contributed by atoms with E-state index in [0.29, 0.717) is 42.9 Å². The van der Waals surface area contributed by atoms with Gasteiger partial charge in [0.25, 0.3) is 0 Å². The van der Waals surface area contributed by atoms with Gasteiger partial charge < -0.3 is 31.7 Å². The van der Waals surface area contributed by atoms with E-state index in [1.165, 1.54) is 30.3 Å². The Morgan fingerprint density at radius 1 is 1.03 bits per heavy atom. The molecular formula is C25H34F3N5O3S. The SMILES string of the molecule is O=C(CCCC[C@@H]1SC[C@@H]2NC(=O)N[C@@H]21)NCCCNCCCNC([O-])=c1ccc(=[C+]C(F)(F)F)cc1. The van der Waals surface area contributed by atoms with Gasteiger partial charge in [0.2, 0.25) is 5.91 Å². The first-order valence-corrected chi connectivity index (χ1v) is 13.7. The molecule has 1 aromatic rings. The Kier molecular flexibility index (Phi) is 11.2. The van der Waals surface area contributed by atoms with Crippen LogP contribution in [0.15, 0.2) is 24.3 Å². The number of carbonyl (C=O) groups excluding carboxylic acids is 2. The summed E-state index contributed by atoms with van der Waals surface area (Å²) in [5, 5.41) is 27.5. The molecule has 0 aliphatic carbocycles. The maximum Gasteiger partial charge on any atom is 0.514 e. The van der Waals surface area contributed by atoms with Crippen LogP contribution in [-0.4, -0.2) is 67.4 Å². The summed E-state index contributed by atoms with van der Waals surface area (Å²) in [6.45, 7) is 2.47. The van der Waals surface area contributed by atoms with E-state index < -0.39 is 6.18 Å². The molecule has 0 saturated carbocycles. The fourth-order valence-corrected chi connectivity index (χ4v) is 5.86. The molecule has 0 spiro atoms. The van der Waals surface area contributed by atoms with Gasteiger partial charge in [0.15, 0.2) is 5.22 Å². The van der Waals surface area contributed by atoms with Crippen molar-refractivity contribution in [3.05, 3.63) is 34.7 Å². The lowest BCUT2D eigenvalue weighted by molar-refractivity contribution is -0.256. The Hall–Kier alpha value is -2.69. The molecule has 2 saturated heterocycles. The Balaban J connectivity index is 1.15. The molecule has 1 aromatic carbocycles. The number of rotatable bonds is 14. The molecule has 0 aromatic heterocycles. The number of carbonyl (C=O) groups is 2. The lowest BCUT2D eigenvalue weighted by Gasteiger charge is -2.16. The molecule has 5 N–H and O–H groups in total. The van der Waals surface area contributed by atoms with Crippen LogP contribution in [0, 0.1) is 0 Å². The number of fused-ring (bicyclic) bond motifs is 1. The smallest absolute Gasteiger partial charge is 0.514 e. The maximum absolute atomic E-state index is 12.3. The van der Waals surface area contributed by atoms with E-state index in [0.717, 1.165) is 38.0 Å². The van der Waals surface area contributed by atoms with Crippen LogP contribution >= 0.6 is 11.8 Å². The minimum atomic E-state index is -4.52. The summed E-state index contributed by atoms with van der Waals surface area (Å²) in [6.07, 6.45) is 1.66. The van der Waals surface area contributed by atoms with Crippen molar-refractivity contribution in [1.29, 1.82) is 0 Å². The molecule has 2 fully saturated rings. The number of hydrogen-bond donors (Lipinski definition) is 5. The first-order chi connectivity index (χ1) is 17.7. The van der Waals surface area contributed by atoms with Crippen molar-refractivity contribution >= 4 is 35.7 Å². The van der Waals surface area contributed by atoms with Crippen LogP contribution in [0.5, 0.6) is 0 Å². The quantitative estimate of drug-likeness (QED) is 0.130. The largest absolute Gasteiger partial charge is 0.860 e. The summed E-state index contributed by atoms with van der Waals surface area (Å²) < 4.78 is 36.9. The lowest BCUT2D eigenvalue weighted by Crippen LogP contribution is -2.36. The van der Waals surface area contributed by atoms with Crippen molar-refractivity contribution in [3.63, 3.8) is 0 Å². The second-order valence-electron chi connectivity index (χ2n) is 9.13. The second-order valence-corrected chi connectivity index (χ2v) is 10.4. The van der Waals surface area contributed by atoms with Gasteiger partial charge in [-0.3, -0.25) is 4.79 Å². The van der Waals surface area contributed by atoms with Gasteiger partial charge in [-0.2, -0.15) is 11.8 Å². The van der Waals surface area contributed by atoms with E-state index in [4.69, 9.17) is 0 Å². The van der Waals surface area contributed by atoms with Gasteiger partial charge in [-0.1, -0.05) is 6.42 Å². The van der Waals surface area contributed by atoms with Crippen LogP contribution in [0.3, 0.4) is 0 Å². The van der Waals surface area contributed by atoms with Gasteiger partial charge in [-0.25, -0.2) is 4.79 Å². The Morgan fingerprint density at radius 2 is 1.73 bits per heavy atom. The van der Waals surface area contributed by atoms with Crippen molar-refractivity contribution in [2.45, 2.75) is 62.0 Å². The van der Waals surface area contributed by atoms with Crippen LogP contribution in [0.1, 0.15) is 38.5 Å². The first-order valence-electron chi connectivity index (χ1n) is 12.6. The van der Waals surface area contributed by atoms with Gasteiger partial charge in [0, 0.05) is 47.9 Å². The third kappa shape index (κ3) is 10.3. The number of benzene rings is 1. The molecule has 3 rings (SSSR count). The number of amides is 3. The van der Waals surface area contributed by atoms with Crippen LogP contribution in [0.4, 0.5) is 18.0 Å². The number of thioether (sulfide) groups is 1. The maximum atomic E-state index is 12.3. The molecule has 0 unspecified atom stereocenters. The van der Waals surface area contributed by atoms with E-state index in [9.17, 15) is 27.9 Å². The number of halogens is 3. The highest BCUT2D eigenvalue weighted by atomic mass is 32.2. The lowest BCUT2D eigenvalue weighted by atomic mass is 10.0. The van der Waals surface area contributed by atoms with Crippen molar-refractivity contribution in [1.82, 2.24) is 26.6 Å². The summed E-state index contributed by atoms with van der Waals surface area (Å²) in [5.41, 5.74) is 0. The molecule has 0 radical (unpaired) electrons. The molecule has 204 valence electrons. The Labute approximate surface area is 218 Å². The van der Waals surface area contributed by atoms with E-state index in [1.807, 2.05) is 11.8 Å². The fourth-order valence-electron chi connectivity index (χ4n) is 4.31. The van der Waals surface area contributed by atoms with Crippen LogP contribution in [-0.2, 0) is 4.79 Å². The summed E-state index contributed by atoms with van der Waals surface area (Å²) in [7, 11) is 0. The highest BCUT2D eigenvalue weighted by molar-refractivity contribution is 8.00. The minimum absolute atomic E-state index is 0.0534. The van der Waals surface area contributed by atoms with Gasteiger partial charge in [-0.15, -0.1) is 13.2 Å². The van der Waals surface area contributed by atoms with Crippen molar-refractivity contribution < 1.29 is 27.9 Å². The second kappa shape index (κ2) is 14.3. The number of urea groups is 1. The molecule has 3 atom stereocenters. The van der Waals surface area contributed by atoms with Gasteiger partial charge in [0.1, 0.15) is 6.08 Å². The van der Waals surface area contributed by atoms with Crippen molar-refractivity contribution in [2.24, 2.45) is 0 Å². The topological polar surface area (TPSA) is 117 Å². The van der Waals surface area contributed by atoms with Gasteiger partial charge >= 0.3 is 12.2 Å². The average Bonchev–Trinajstić information content (AvgIpc) is 3.39. The highest BCUT2D eigenvalue weighted by Crippen LogP contribution is 2.33. The van der Waals surface area contributed by atoms with Crippen LogP contribution in [0.2, 0.25) is 0 Å². The normalized spacial score (nSPS) is 20.5. The summed E-state index contributed by atoms with van der Waals surface area (Å²) in [6, 6.07) is 5.47. The van der Waals surface area contributed by atoms with E-state index in [-0.39, 0.29) is 35.1 Å². The monoisotopic (exact) mass is 541 g/mol. The van der Waals surface area contributed by atoms with Crippen molar-refractivity contribution in [2.75, 3.05) is 31.9 Å².